The second-order valence-corrected chi connectivity index (χ2v) is 3.65. The Morgan fingerprint density at radius 3 is 3.12 bits per heavy atom. The fourth-order valence-corrected chi connectivity index (χ4v) is 1.67. The van der Waals surface area contributed by atoms with Gasteiger partial charge in [-0.2, -0.15) is 4.98 Å². The highest BCUT2D eigenvalue weighted by atomic mass is 16.7. The van der Waals surface area contributed by atoms with Crippen LogP contribution in [0.4, 0.5) is 6.01 Å². The van der Waals surface area contributed by atoms with Gasteiger partial charge in [-0.25, -0.2) is 0 Å². The van der Waals surface area contributed by atoms with Crippen molar-refractivity contribution in [1.82, 2.24) is 10.1 Å². The van der Waals surface area contributed by atoms with Crippen LogP contribution in [0.15, 0.2) is 22.7 Å². The van der Waals surface area contributed by atoms with Crippen LogP contribution in [0.2, 0.25) is 0 Å². The van der Waals surface area contributed by atoms with E-state index in [0.717, 1.165) is 17.1 Å². The molecule has 0 spiro atoms. The Kier molecular flexibility index (Phi) is 2.32. The molecule has 3 rings (SSSR count). The van der Waals surface area contributed by atoms with Crippen LogP contribution in [-0.4, -0.2) is 16.9 Å². The highest BCUT2D eigenvalue weighted by molar-refractivity contribution is 5.49. The molecule has 6 heteroatoms. The van der Waals surface area contributed by atoms with Crippen molar-refractivity contribution >= 4 is 6.01 Å². The third-order valence-electron chi connectivity index (χ3n) is 2.44. The maximum Gasteiger partial charge on any atom is 0.321 e. The minimum Gasteiger partial charge on any atom is -0.454 e. The number of benzene rings is 1. The fraction of sp³-hybridized carbons (Fsp3) is 0.273. The van der Waals surface area contributed by atoms with Gasteiger partial charge in [-0.15, -0.1) is 0 Å². The highest BCUT2D eigenvalue weighted by Gasteiger charge is 2.17. The largest absolute Gasteiger partial charge is 0.454 e. The molecule has 1 aliphatic heterocycles. The minimum atomic E-state index is 0.270. The molecule has 0 saturated carbocycles. The molecular formula is C11H11N3O3. The topological polar surface area (TPSA) is 69.4 Å². The van der Waals surface area contributed by atoms with Crippen molar-refractivity contribution in [3.8, 4) is 11.5 Å². The molecule has 0 amide bonds. The van der Waals surface area contributed by atoms with Crippen LogP contribution in [0.1, 0.15) is 11.4 Å². The zero-order valence-electron chi connectivity index (χ0n) is 9.27. The van der Waals surface area contributed by atoms with Gasteiger partial charge >= 0.3 is 6.01 Å². The molecule has 0 radical (unpaired) electrons. The summed E-state index contributed by atoms with van der Waals surface area (Å²) in [5, 5.41) is 6.73. The Morgan fingerprint density at radius 2 is 2.29 bits per heavy atom. The summed E-state index contributed by atoms with van der Waals surface area (Å²) in [5.74, 6) is 2.15. The number of para-hydroxylation sites is 1. The molecule has 1 aromatic heterocycles. The molecule has 0 fully saturated rings. The molecule has 0 aliphatic carbocycles. The first-order chi connectivity index (χ1) is 8.33. The van der Waals surface area contributed by atoms with Crippen LogP contribution >= 0.6 is 0 Å². The normalized spacial score (nSPS) is 12.8. The van der Waals surface area contributed by atoms with Gasteiger partial charge in [-0.1, -0.05) is 17.3 Å². The van der Waals surface area contributed by atoms with Crippen molar-refractivity contribution < 1.29 is 14.0 Å². The molecule has 0 saturated heterocycles. The number of anilines is 1. The van der Waals surface area contributed by atoms with Gasteiger partial charge in [-0.05, 0) is 13.0 Å². The van der Waals surface area contributed by atoms with Crippen LogP contribution in [0.25, 0.3) is 0 Å². The van der Waals surface area contributed by atoms with Crippen molar-refractivity contribution in [2.24, 2.45) is 0 Å². The molecule has 88 valence electrons. The van der Waals surface area contributed by atoms with E-state index >= 15 is 0 Å². The van der Waals surface area contributed by atoms with Gasteiger partial charge in [0.15, 0.2) is 17.3 Å². The van der Waals surface area contributed by atoms with Crippen LogP contribution < -0.4 is 14.8 Å². The zero-order chi connectivity index (χ0) is 11.7. The number of aryl methyl sites for hydroxylation is 1. The molecule has 0 unspecified atom stereocenters. The number of nitrogens with one attached hydrogen (secondary N) is 1. The lowest BCUT2D eigenvalue weighted by molar-refractivity contribution is 0.173. The summed E-state index contributed by atoms with van der Waals surface area (Å²) in [4.78, 5) is 4.06. The minimum absolute atomic E-state index is 0.270. The van der Waals surface area contributed by atoms with E-state index in [2.05, 4.69) is 15.5 Å². The molecule has 6 nitrogen and oxygen atoms in total. The lowest BCUT2D eigenvalue weighted by Gasteiger charge is -2.05. The Hall–Kier alpha value is -2.24. The van der Waals surface area contributed by atoms with Gasteiger partial charge in [0.1, 0.15) is 0 Å². The van der Waals surface area contributed by atoms with Crippen LogP contribution in [-0.2, 0) is 6.54 Å². The van der Waals surface area contributed by atoms with Crippen LogP contribution in [0, 0.1) is 6.92 Å². The van der Waals surface area contributed by atoms with E-state index in [-0.39, 0.29) is 6.79 Å². The summed E-state index contributed by atoms with van der Waals surface area (Å²) in [6.45, 7) is 2.59. The number of rotatable bonds is 3. The molecule has 2 heterocycles. The summed E-state index contributed by atoms with van der Waals surface area (Å²) >= 11 is 0. The van der Waals surface area contributed by atoms with E-state index < -0.39 is 0 Å². The number of nitrogens with zero attached hydrogens (tertiary/aromatic N) is 2. The fourth-order valence-electron chi connectivity index (χ4n) is 1.67. The average molecular weight is 233 g/mol. The Bertz CT molecular complexity index is 539. The first kappa shape index (κ1) is 9.95. The SMILES string of the molecule is Cc1noc(NCc2cccc3c2OCO3)n1. The quantitative estimate of drug-likeness (QED) is 0.870. The second-order valence-electron chi connectivity index (χ2n) is 3.65. The molecule has 0 atom stereocenters. The smallest absolute Gasteiger partial charge is 0.321 e. The third kappa shape index (κ3) is 1.89. The van der Waals surface area contributed by atoms with Crippen LogP contribution in [0.3, 0.4) is 0 Å². The standard InChI is InChI=1S/C11H11N3O3/c1-7-13-11(17-14-7)12-5-8-3-2-4-9-10(8)16-6-15-9/h2-4H,5-6H2,1H3,(H,12,13,14). The Balaban J connectivity index is 1.75. The van der Waals surface area contributed by atoms with Gasteiger partial charge in [0.25, 0.3) is 0 Å². The molecule has 17 heavy (non-hydrogen) atoms. The monoisotopic (exact) mass is 233 g/mol. The maximum atomic E-state index is 5.39. The summed E-state index contributed by atoms with van der Waals surface area (Å²) in [7, 11) is 0. The van der Waals surface area contributed by atoms with Crippen LogP contribution in [0.5, 0.6) is 11.5 Å². The van der Waals surface area contributed by atoms with Gasteiger partial charge in [-0.3, -0.25) is 0 Å². The summed E-state index contributed by atoms with van der Waals surface area (Å²) in [6, 6.07) is 6.16. The Morgan fingerprint density at radius 1 is 1.35 bits per heavy atom. The second kappa shape index (κ2) is 3.97. The molecular weight excluding hydrogens is 222 g/mol. The number of ether oxygens (including phenoxy) is 2. The van der Waals surface area contributed by atoms with Gasteiger partial charge in [0, 0.05) is 12.1 Å². The predicted molar refractivity (Wildman–Crippen MR) is 58.9 cm³/mol. The Labute approximate surface area is 97.5 Å². The lowest BCUT2D eigenvalue weighted by Crippen LogP contribution is -2.01. The van der Waals surface area contributed by atoms with Crippen molar-refractivity contribution in [2.45, 2.75) is 13.5 Å². The number of aromatic nitrogens is 2. The number of hydrogen-bond acceptors (Lipinski definition) is 6. The first-order valence-corrected chi connectivity index (χ1v) is 5.24. The molecule has 1 aliphatic rings. The summed E-state index contributed by atoms with van der Waals surface area (Å²) in [6.07, 6.45) is 0. The average Bonchev–Trinajstić information content (AvgIpc) is 2.94. The van der Waals surface area contributed by atoms with Crippen molar-refractivity contribution in [2.75, 3.05) is 12.1 Å². The van der Waals surface area contributed by atoms with Gasteiger partial charge in [0.2, 0.25) is 6.79 Å². The number of fused-ring (bicyclic) bond motifs is 1. The van der Waals surface area contributed by atoms with Crippen molar-refractivity contribution in [3.05, 3.63) is 29.6 Å². The molecule has 1 aromatic carbocycles. The zero-order valence-corrected chi connectivity index (χ0v) is 9.27. The highest BCUT2D eigenvalue weighted by Crippen LogP contribution is 2.35. The van der Waals surface area contributed by atoms with E-state index in [0.29, 0.717) is 18.4 Å². The van der Waals surface area contributed by atoms with E-state index in [4.69, 9.17) is 14.0 Å². The molecule has 1 N–H and O–H groups in total. The summed E-state index contributed by atoms with van der Waals surface area (Å²) in [5.41, 5.74) is 0.996. The van der Waals surface area contributed by atoms with E-state index in [1.165, 1.54) is 0 Å². The van der Waals surface area contributed by atoms with Gasteiger partial charge < -0.3 is 19.3 Å². The van der Waals surface area contributed by atoms with E-state index in [1.54, 1.807) is 6.92 Å². The maximum absolute atomic E-state index is 5.39. The van der Waals surface area contributed by atoms with E-state index in [1.807, 2.05) is 18.2 Å². The van der Waals surface area contributed by atoms with E-state index in [9.17, 15) is 0 Å². The predicted octanol–water partition coefficient (Wildman–Crippen LogP) is 1.72. The molecule has 0 bridgehead atoms. The first-order valence-electron chi connectivity index (χ1n) is 5.24. The van der Waals surface area contributed by atoms with Gasteiger partial charge in [0.05, 0.1) is 0 Å². The molecule has 2 aromatic rings. The third-order valence-corrected chi connectivity index (χ3v) is 2.44. The number of hydrogen-bond donors (Lipinski definition) is 1. The summed E-state index contributed by atoms with van der Waals surface area (Å²) < 4.78 is 15.6. The lowest BCUT2D eigenvalue weighted by atomic mass is 10.2. The van der Waals surface area contributed by atoms with Crippen molar-refractivity contribution in [3.63, 3.8) is 0 Å². The van der Waals surface area contributed by atoms with Crippen molar-refractivity contribution in [1.29, 1.82) is 0 Å².